The highest BCUT2D eigenvalue weighted by Gasteiger charge is 2.32. The van der Waals surface area contributed by atoms with E-state index in [0.29, 0.717) is 16.7 Å². The second-order valence-electron chi connectivity index (χ2n) is 14.3. The standard InChI is InChI=1S/C11H18N2O9P2.2C11H17N2O6P.CH4/c1-7(14)11(2,13-12)6-8-3-4-9(21-23(15,16)17)10(5-8)22-24(18,19)20;1-7(14)11(2,13-12)6-8-3-4-10(9(15)5-8)19-20(16,17)18;1-7(14)11(2,13-12)6-8-3-4-9(15)10(5-8)19-20(16,17)18;/h3-5,13H,6,12H2,1-2H3,(H2,15,16,17)(H2,18,19,20);2*3-5,13,15H,6,12H2,1-2H3,(H2,16,17,18);1H4/t3*11-;/m000./s1. The van der Waals surface area contributed by atoms with E-state index < -0.39 is 70.9 Å². The molecule has 368 valence electrons. The average molecular weight is 1010 g/mol. The van der Waals surface area contributed by atoms with Crippen molar-refractivity contribution >= 4 is 48.6 Å². The average Bonchev–Trinajstić information content (AvgIpc) is 3.13. The third-order valence-corrected chi connectivity index (χ3v) is 10.6. The highest BCUT2D eigenvalue weighted by molar-refractivity contribution is 7.47. The number of benzene rings is 3. The Morgan fingerprint density at radius 3 is 1.08 bits per heavy atom. The molecule has 0 radical (unpaired) electrons. The van der Waals surface area contributed by atoms with E-state index in [1.165, 1.54) is 70.2 Å². The highest BCUT2D eigenvalue weighted by atomic mass is 31.2. The monoisotopic (exact) mass is 1010 g/mol. The van der Waals surface area contributed by atoms with Gasteiger partial charge < -0.3 is 28.3 Å². The van der Waals surface area contributed by atoms with E-state index in [0.717, 1.165) is 12.1 Å². The molecule has 0 aliphatic rings. The number of phosphoric acid groups is 4. The number of carbonyl (C=O) groups excluding carboxylic acids is 3. The quantitative estimate of drug-likeness (QED) is 0.0427. The second kappa shape index (κ2) is 24.0. The van der Waals surface area contributed by atoms with E-state index in [1.807, 2.05) is 0 Å². The summed E-state index contributed by atoms with van der Waals surface area (Å²) in [5.41, 5.74) is 5.39. The SMILES string of the molecule is C.CC(=O)[C@](C)(Cc1ccc(O)c(OP(=O)(O)O)c1)NN.CC(=O)[C@](C)(Cc1ccc(OP(=O)(O)O)c(O)c1)NN.CC(=O)[C@](C)(Cc1ccc(OP(=O)(O)O)c(OP(=O)(O)O)c1)NN. The number of hydrogen-bond acceptors (Lipinski definition) is 19. The summed E-state index contributed by atoms with van der Waals surface area (Å²) in [4.78, 5) is 105. The van der Waals surface area contributed by atoms with Gasteiger partial charge >= 0.3 is 31.3 Å². The number of aromatic hydroxyl groups is 2. The van der Waals surface area contributed by atoms with Crippen LogP contribution in [0.2, 0.25) is 0 Å². The summed E-state index contributed by atoms with van der Waals surface area (Å²) in [5, 5.41) is 19.1. The summed E-state index contributed by atoms with van der Waals surface area (Å²) in [7, 11) is -19.5. The molecule has 3 atom stereocenters. The van der Waals surface area contributed by atoms with Crippen LogP contribution in [-0.2, 0) is 51.9 Å². The minimum absolute atomic E-state index is 0. The minimum atomic E-state index is -5.02. The second-order valence-corrected chi connectivity index (χ2v) is 19.0. The Kier molecular flexibility index (Phi) is 22.5. The van der Waals surface area contributed by atoms with Gasteiger partial charge in [0.15, 0.2) is 51.8 Å². The molecule has 0 aliphatic carbocycles. The molecule has 31 heteroatoms. The van der Waals surface area contributed by atoms with Crippen LogP contribution in [-0.4, -0.2) is 83.3 Å². The van der Waals surface area contributed by atoms with Crippen LogP contribution in [0.4, 0.5) is 0 Å². The van der Waals surface area contributed by atoms with Crippen LogP contribution in [0.3, 0.4) is 0 Å². The number of phenols is 2. The molecule has 19 N–H and O–H groups in total. The number of rotatable bonds is 20. The lowest BCUT2D eigenvalue weighted by atomic mass is 9.90. The molecule has 0 amide bonds. The van der Waals surface area contributed by atoms with Gasteiger partial charge in [0.05, 0.1) is 16.6 Å². The number of phenolic OH excluding ortho intramolecular Hbond substituents is 2. The first kappa shape index (κ1) is 60.8. The van der Waals surface area contributed by atoms with E-state index in [9.17, 15) is 42.9 Å². The third kappa shape index (κ3) is 21.3. The first-order chi connectivity index (χ1) is 28.9. The summed E-state index contributed by atoms with van der Waals surface area (Å²) >= 11 is 0. The molecule has 0 heterocycles. The van der Waals surface area contributed by atoms with Crippen molar-refractivity contribution in [3.05, 3.63) is 71.3 Å². The van der Waals surface area contributed by atoms with Crippen molar-refractivity contribution in [3.63, 3.8) is 0 Å². The van der Waals surface area contributed by atoms with Crippen LogP contribution < -0.4 is 51.9 Å². The molecule has 0 unspecified atom stereocenters. The number of nitrogens with one attached hydrogen (secondary N) is 3. The summed E-state index contributed by atoms with van der Waals surface area (Å²) in [6.07, 6.45) is 0.381. The Balaban J connectivity index is 0.000000944. The van der Waals surface area contributed by atoms with Gasteiger partial charge in [-0.1, -0.05) is 25.6 Å². The van der Waals surface area contributed by atoms with Crippen molar-refractivity contribution < 1.29 is 100 Å². The van der Waals surface area contributed by atoms with E-state index in [2.05, 4.69) is 34.4 Å². The Morgan fingerprint density at radius 2 is 0.754 bits per heavy atom. The smallest absolute Gasteiger partial charge is 0.504 e. The molecule has 0 fully saturated rings. The molecule has 3 aromatic carbocycles. The fourth-order valence-corrected chi connectivity index (χ4v) is 6.49. The van der Waals surface area contributed by atoms with Gasteiger partial charge in [-0.2, -0.15) is 0 Å². The van der Waals surface area contributed by atoms with Gasteiger partial charge in [0.25, 0.3) is 0 Å². The summed E-state index contributed by atoms with van der Waals surface area (Å²) in [5.74, 6) is 12.7. The third-order valence-electron chi connectivity index (χ3n) is 8.88. The van der Waals surface area contributed by atoms with Crippen molar-refractivity contribution in [1.82, 2.24) is 16.3 Å². The Labute approximate surface area is 372 Å². The van der Waals surface area contributed by atoms with Crippen LogP contribution >= 0.6 is 31.3 Å². The van der Waals surface area contributed by atoms with E-state index in [-0.39, 0.29) is 55.5 Å². The van der Waals surface area contributed by atoms with Crippen molar-refractivity contribution in [3.8, 4) is 34.5 Å². The number of nitrogens with two attached hydrogens (primary N) is 3. The maximum absolute atomic E-state index is 11.6. The molecule has 3 rings (SSSR count). The Morgan fingerprint density at radius 1 is 0.477 bits per heavy atom. The predicted molar refractivity (Wildman–Crippen MR) is 230 cm³/mol. The van der Waals surface area contributed by atoms with Crippen LogP contribution in [0.15, 0.2) is 54.6 Å². The highest BCUT2D eigenvalue weighted by Crippen LogP contribution is 2.48. The molecule has 0 saturated heterocycles. The normalized spacial score (nSPS) is 14.5. The first-order valence-corrected chi connectivity index (χ1v) is 23.8. The zero-order valence-corrected chi connectivity index (χ0v) is 38.4. The van der Waals surface area contributed by atoms with Crippen molar-refractivity contribution in [2.45, 2.75) is 84.8 Å². The molecular weight excluding hydrogens is 952 g/mol. The maximum Gasteiger partial charge on any atom is 0.524 e. The van der Waals surface area contributed by atoms with Crippen molar-refractivity contribution in [2.24, 2.45) is 17.5 Å². The minimum Gasteiger partial charge on any atom is -0.504 e. The van der Waals surface area contributed by atoms with Gasteiger partial charge in [-0.05, 0) is 114 Å². The zero-order valence-electron chi connectivity index (χ0n) is 34.8. The molecule has 27 nitrogen and oxygen atoms in total. The fraction of sp³-hybridized carbons (Fsp3) is 0.382. The molecule has 0 bridgehead atoms. The Bertz CT molecular complexity index is 2340. The van der Waals surface area contributed by atoms with Crippen LogP contribution in [0.25, 0.3) is 0 Å². The molecular formula is C34H56N6O21P4. The Hall–Kier alpha value is -4.17. The summed E-state index contributed by atoms with van der Waals surface area (Å²) in [6, 6.07) is 11.4. The van der Waals surface area contributed by atoms with Gasteiger partial charge in [0, 0.05) is 0 Å². The van der Waals surface area contributed by atoms with Gasteiger partial charge in [0.2, 0.25) is 0 Å². The number of hydrazine groups is 3. The molecule has 0 aliphatic heterocycles. The van der Waals surface area contributed by atoms with Crippen molar-refractivity contribution in [2.75, 3.05) is 0 Å². The lowest BCUT2D eigenvalue weighted by Crippen LogP contribution is -2.53. The number of hydrogen-bond donors (Lipinski definition) is 16. The van der Waals surface area contributed by atoms with Crippen molar-refractivity contribution in [1.29, 1.82) is 0 Å². The molecule has 0 spiro atoms. The molecule has 0 saturated carbocycles. The van der Waals surface area contributed by atoms with Crippen LogP contribution in [0.5, 0.6) is 34.5 Å². The predicted octanol–water partition coefficient (Wildman–Crippen LogP) is 1.05. The van der Waals surface area contributed by atoms with Crippen LogP contribution in [0, 0.1) is 0 Å². The number of carbonyl (C=O) groups is 3. The topological polar surface area (TPSA) is 473 Å². The van der Waals surface area contributed by atoms with E-state index in [4.69, 9.17) is 56.7 Å². The van der Waals surface area contributed by atoms with Gasteiger partial charge in [-0.15, -0.1) is 0 Å². The fourth-order valence-electron chi connectivity index (χ4n) is 4.87. The van der Waals surface area contributed by atoms with Crippen LogP contribution in [0.1, 0.15) is 65.7 Å². The largest absolute Gasteiger partial charge is 0.524 e. The zero-order chi connectivity index (χ0) is 49.9. The van der Waals surface area contributed by atoms with Gasteiger partial charge in [-0.25, -0.2) is 34.5 Å². The number of ketones is 3. The van der Waals surface area contributed by atoms with Gasteiger partial charge in [0.1, 0.15) is 0 Å². The maximum atomic E-state index is 11.6. The lowest BCUT2D eigenvalue weighted by Gasteiger charge is -2.26. The van der Waals surface area contributed by atoms with E-state index >= 15 is 0 Å². The van der Waals surface area contributed by atoms with Gasteiger partial charge in [-0.3, -0.25) is 71.1 Å². The lowest BCUT2D eigenvalue weighted by molar-refractivity contribution is -0.123. The number of Topliss-reactive ketones (excluding diaryl/α,β-unsaturated/α-hetero) is 3. The van der Waals surface area contributed by atoms with E-state index in [1.54, 1.807) is 13.8 Å². The number of phosphoric ester groups is 4. The molecule has 3 aromatic rings. The molecule has 0 aromatic heterocycles. The first-order valence-electron chi connectivity index (χ1n) is 17.6. The summed E-state index contributed by atoms with van der Waals surface area (Å²) < 4.78 is 60.8. The molecule has 65 heavy (non-hydrogen) atoms. The summed E-state index contributed by atoms with van der Waals surface area (Å²) in [6.45, 7) is 8.76.